The molecule has 0 radical (unpaired) electrons. The zero-order valence-electron chi connectivity index (χ0n) is 15.1. The third kappa shape index (κ3) is 6.04. The van der Waals surface area contributed by atoms with Crippen LogP contribution in [-0.2, 0) is 9.53 Å². The van der Waals surface area contributed by atoms with Gasteiger partial charge in [-0.1, -0.05) is 6.07 Å². The highest BCUT2D eigenvalue weighted by Gasteiger charge is 2.13. The van der Waals surface area contributed by atoms with Gasteiger partial charge in [-0.2, -0.15) is 8.78 Å². The molecule has 9 heteroatoms. The zero-order valence-corrected chi connectivity index (χ0v) is 15.1. The molecule has 0 aliphatic rings. The van der Waals surface area contributed by atoms with E-state index in [1.807, 2.05) is 0 Å². The molecule has 2 aromatic carbocycles. The summed E-state index contributed by atoms with van der Waals surface area (Å²) in [6, 6.07) is 11.2. The molecule has 1 N–H and O–H groups in total. The standard InChI is InChI=1S/C19H18F2N2O5/c1-23(2)17(25)12-6-8-14(9-7-12)22-16(24)11-27-18(26)13-4-3-5-15(10-13)28-19(20)21/h3-10,19H,11H2,1-2H3,(H,22,24). The van der Waals surface area contributed by atoms with E-state index in [0.717, 1.165) is 6.07 Å². The Morgan fingerprint density at radius 3 is 2.32 bits per heavy atom. The first-order valence-corrected chi connectivity index (χ1v) is 8.10. The van der Waals surface area contributed by atoms with E-state index in [1.54, 1.807) is 38.4 Å². The summed E-state index contributed by atoms with van der Waals surface area (Å²) < 4.78 is 33.5. The van der Waals surface area contributed by atoms with Crippen molar-refractivity contribution in [3.63, 3.8) is 0 Å². The smallest absolute Gasteiger partial charge is 0.387 e. The third-order valence-electron chi connectivity index (χ3n) is 3.45. The number of anilines is 1. The quantitative estimate of drug-likeness (QED) is 0.733. The molecule has 148 valence electrons. The molecule has 0 spiro atoms. The molecule has 0 bridgehead atoms. The summed E-state index contributed by atoms with van der Waals surface area (Å²) in [7, 11) is 3.25. The Bertz CT molecular complexity index is 854. The lowest BCUT2D eigenvalue weighted by Crippen LogP contribution is -2.22. The number of halogens is 2. The first-order chi connectivity index (χ1) is 13.3. The van der Waals surface area contributed by atoms with Crippen molar-refractivity contribution in [3.8, 4) is 5.75 Å². The van der Waals surface area contributed by atoms with Crippen molar-refractivity contribution in [2.45, 2.75) is 6.61 Å². The second-order valence-corrected chi connectivity index (χ2v) is 5.81. The molecule has 2 rings (SSSR count). The number of ether oxygens (including phenoxy) is 2. The number of hydrogen-bond acceptors (Lipinski definition) is 5. The van der Waals surface area contributed by atoms with Crippen molar-refractivity contribution in [1.29, 1.82) is 0 Å². The number of hydrogen-bond donors (Lipinski definition) is 1. The van der Waals surface area contributed by atoms with Crippen molar-refractivity contribution in [1.82, 2.24) is 4.90 Å². The van der Waals surface area contributed by atoms with Gasteiger partial charge in [0.15, 0.2) is 6.61 Å². The van der Waals surface area contributed by atoms with E-state index in [-0.39, 0.29) is 17.2 Å². The van der Waals surface area contributed by atoms with Gasteiger partial charge < -0.3 is 19.7 Å². The molecule has 0 fully saturated rings. The van der Waals surface area contributed by atoms with Crippen LogP contribution in [0.2, 0.25) is 0 Å². The van der Waals surface area contributed by atoms with Gasteiger partial charge in [-0.3, -0.25) is 9.59 Å². The minimum Gasteiger partial charge on any atom is -0.452 e. The van der Waals surface area contributed by atoms with Gasteiger partial charge in [0, 0.05) is 25.3 Å². The monoisotopic (exact) mass is 392 g/mol. The summed E-state index contributed by atoms with van der Waals surface area (Å²) in [4.78, 5) is 37.1. The molecular formula is C19H18F2N2O5. The van der Waals surface area contributed by atoms with Gasteiger partial charge in [0.25, 0.3) is 11.8 Å². The second kappa shape index (κ2) is 9.45. The summed E-state index contributed by atoms with van der Waals surface area (Å²) in [6.45, 7) is -3.59. The molecule has 0 aliphatic heterocycles. The van der Waals surface area contributed by atoms with Crippen LogP contribution in [0.25, 0.3) is 0 Å². The first-order valence-electron chi connectivity index (χ1n) is 8.10. The molecule has 0 saturated carbocycles. The van der Waals surface area contributed by atoms with E-state index in [4.69, 9.17) is 4.74 Å². The number of nitrogens with zero attached hydrogens (tertiary/aromatic N) is 1. The van der Waals surface area contributed by atoms with Crippen LogP contribution in [0.1, 0.15) is 20.7 Å². The van der Waals surface area contributed by atoms with E-state index in [1.165, 1.54) is 23.1 Å². The van der Waals surface area contributed by atoms with Gasteiger partial charge >= 0.3 is 12.6 Å². The zero-order chi connectivity index (χ0) is 20.7. The van der Waals surface area contributed by atoms with E-state index < -0.39 is 25.1 Å². The van der Waals surface area contributed by atoms with Crippen molar-refractivity contribution in [2.75, 3.05) is 26.0 Å². The van der Waals surface area contributed by atoms with Crippen LogP contribution in [-0.4, -0.2) is 50.0 Å². The minimum absolute atomic E-state index is 0.0301. The van der Waals surface area contributed by atoms with E-state index in [0.29, 0.717) is 11.3 Å². The summed E-state index contributed by atoms with van der Waals surface area (Å²) >= 11 is 0. The number of nitrogens with one attached hydrogen (secondary N) is 1. The van der Waals surface area contributed by atoms with Gasteiger partial charge in [0.2, 0.25) is 0 Å². The van der Waals surface area contributed by atoms with Gasteiger partial charge in [-0.25, -0.2) is 4.79 Å². The van der Waals surface area contributed by atoms with Crippen LogP contribution >= 0.6 is 0 Å². The molecule has 7 nitrogen and oxygen atoms in total. The molecule has 0 aromatic heterocycles. The lowest BCUT2D eigenvalue weighted by molar-refractivity contribution is -0.119. The fourth-order valence-corrected chi connectivity index (χ4v) is 2.17. The first kappa shape index (κ1) is 20.8. The number of benzene rings is 2. The Kier molecular flexibility index (Phi) is 7.02. The molecule has 2 amide bonds. The number of alkyl halides is 2. The molecule has 28 heavy (non-hydrogen) atoms. The second-order valence-electron chi connectivity index (χ2n) is 5.81. The molecule has 0 saturated heterocycles. The third-order valence-corrected chi connectivity index (χ3v) is 3.45. The summed E-state index contributed by atoms with van der Waals surface area (Å²) in [5.74, 6) is -1.83. The lowest BCUT2D eigenvalue weighted by Gasteiger charge is -2.11. The van der Waals surface area contributed by atoms with E-state index in [9.17, 15) is 23.2 Å². The highest BCUT2D eigenvalue weighted by molar-refractivity contribution is 5.97. The molecular weight excluding hydrogens is 374 g/mol. The topological polar surface area (TPSA) is 84.9 Å². The van der Waals surface area contributed by atoms with Crippen molar-refractivity contribution < 1.29 is 32.6 Å². The van der Waals surface area contributed by atoms with Crippen molar-refractivity contribution in [2.24, 2.45) is 0 Å². The SMILES string of the molecule is CN(C)C(=O)c1ccc(NC(=O)COC(=O)c2cccc(OC(F)F)c2)cc1. The van der Waals surface area contributed by atoms with Gasteiger partial charge in [-0.15, -0.1) is 0 Å². The van der Waals surface area contributed by atoms with Gasteiger partial charge in [0.1, 0.15) is 5.75 Å². The Balaban J connectivity index is 1.88. The average molecular weight is 392 g/mol. The molecule has 0 aliphatic carbocycles. The Morgan fingerprint density at radius 1 is 1.04 bits per heavy atom. The van der Waals surface area contributed by atoms with E-state index in [2.05, 4.69) is 10.1 Å². The van der Waals surface area contributed by atoms with Crippen LogP contribution in [0, 0.1) is 0 Å². The van der Waals surface area contributed by atoms with Crippen LogP contribution in [0.5, 0.6) is 5.75 Å². The van der Waals surface area contributed by atoms with Gasteiger partial charge in [-0.05, 0) is 42.5 Å². The molecule has 2 aromatic rings. The van der Waals surface area contributed by atoms with Crippen molar-refractivity contribution >= 4 is 23.5 Å². The Labute approximate surface area is 159 Å². The normalized spacial score (nSPS) is 10.3. The van der Waals surface area contributed by atoms with Crippen LogP contribution in [0.3, 0.4) is 0 Å². The lowest BCUT2D eigenvalue weighted by atomic mass is 10.2. The predicted octanol–water partition coefficient (Wildman–Crippen LogP) is 2.79. The number of amides is 2. The number of esters is 1. The molecule has 0 unspecified atom stereocenters. The maximum Gasteiger partial charge on any atom is 0.387 e. The van der Waals surface area contributed by atoms with E-state index >= 15 is 0 Å². The van der Waals surface area contributed by atoms with Crippen LogP contribution in [0.4, 0.5) is 14.5 Å². The van der Waals surface area contributed by atoms with Gasteiger partial charge in [0.05, 0.1) is 5.56 Å². The largest absolute Gasteiger partial charge is 0.452 e. The van der Waals surface area contributed by atoms with Crippen LogP contribution < -0.4 is 10.1 Å². The fourth-order valence-electron chi connectivity index (χ4n) is 2.17. The minimum atomic E-state index is -3.02. The van der Waals surface area contributed by atoms with Crippen LogP contribution in [0.15, 0.2) is 48.5 Å². The number of carbonyl (C=O) groups excluding carboxylic acids is 3. The highest BCUT2D eigenvalue weighted by atomic mass is 19.3. The average Bonchev–Trinajstić information content (AvgIpc) is 2.65. The Morgan fingerprint density at radius 2 is 1.71 bits per heavy atom. The summed E-state index contributed by atoms with van der Waals surface area (Å²) in [5.41, 5.74) is 0.849. The maximum absolute atomic E-state index is 12.2. The molecule has 0 heterocycles. The summed E-state index contributed by atoms with van der Waals surface area (Å²) in [5, 5.41) is 2.52. The predicted molar refractivity (Wildman–Crippen MR) is 96.4 cm³/mol. The summed E-state index contributed by atoms with van der Waals surface area (Å²) in [6.07, 6.45) is 0. The number of rotatable bonds is 7. The number of carbonyl (C=O) groups is 3. The fraction of sp³-hybridized carbons (Fsp3) is 0.211. The maximum atomic E-state index is 12.2. The molecule has 0 atom stereocenters. The Hall–Kier alpha value is -3.49. The van der Waals surface area contributed by atoms with Crippen molar-refractivity contribution in [3.05, 3.63) is 59.7 Å². The highest BCUT2D eigenvalue weighted by Crippen LogP contribution is 2.17.